The van der Waals surface area contributed by atoms with Crippen molar-refractivity contribution in [2.75, 3.05) is 18.8 Å². The smallest absolute Gasteiger partial charge is 0.252 e. The van der Waals surface area contributed by atoms with Gasteiger partial charge in [-0.3, -0.25) is 9.59 Å². The van der Waals surface area contributed by atoms with Gasteiger partial charge in [0.1, 0.15) is 0 Å². The third kappa shape index (κ3) is 5.10. The van der Waals surface area contributed by atoms with Gasteiger partial charge in [0.25, 0.3) is 5.91 Å². The van der Waals surface area contributed by atoms with Gasteiger partial charge in [0.2, 0.25) is 5.91 Å². The van der Waals surface area contributed by atoms with Crippen LogP contribution in [-0.4, -0.2) is 46.6 Å². The van der Waals surface area contributed by atoms with Gasteiger partial charge in [-0.25, -0.2) is 4.98 Å². The van der Waals surface area contributed by atoms with Crippen LogP contribution < -0.4 is 5.32 Å². The average molecular weight is 384 g/mol. The summed E-state index contributed by atoms with van der Waals surface area (Å²) >= 11 is 1.37. The molecule has 1 N–H and O–H groups in total. The molecule has 3 rings (SSSR count). The first-order chi connectivity index (χ1) is 13.0. The Hall–Kier alpha value is -2.34. The molecule has 0 spiro atoms. The van der Waals surface area contributed by atoms with E-state index in [0.717, 1.165) is 29.3 Å². The minimum Gasteiger partial charge on any atom is -0.349 e. The maximum Gasteiger partial charge on any atom is 0.252 e. The molecular formula is C21H25N3O2S. The maximum absolute atomic E-state index is 12.6. The van der Waals surface area contributed by atoms with Gasteiger partial charge >= 0.3 is 0 Å². The molecule has 0 atom stereocenters. The Labute approximate surface area is 164 Å². The first kappa shape index (κ1) is 19.4. The Morgan fingerprint density at radius 1 is 1.33 bits per heavy atom. The van der Waals surface area contributed by atoms with Gasteiger partial charge < -0.3 is 10.2 Å². The predicted octanol–water partition coefficient (Wildman–Crippen LogP) is 3.64. The molecule has 0 unspecified atom stereocenters. The van der Waals surface area contributed by atoms with E-state index in [9.17, 15) is 9.59 Å². The Morgan fingerprint density at radius 2 is 2.07 bits per heavy atom. The molecule has 1 heterocycles. The highest BCUT2D eigenvalue weighted by Gasteiger charge is 2.25. The summed E-state index contributed by atoms with van der Waals surface area (Å²) in [6.45, 7) is 8.96. The van der Waals surface area contributed by atoms with Gasteiger partial charge in [-0.15, -0.1) is 0 Å². The van der Waals surface area contributed by atoms with E-state index < -0.39 is 0 Å². The van der Waals surface area contributed by atoms with Crippen LogP contribution in [-0.2, 0) is 4.79 Å². The molecule has 142 valence electrons. The first-order valence-corrected chi connectivity index (χ1v) is 10.2. The quantitative estimate of drug-likeness (QED) is 0.558. The number of nitrogens with zero attached hydrogens (tertiary/aromatic N) is 2. The lowest BCUT2D eigenvalue weighted by molar-refractivity contribution is -0.127. The molecule has 6 heteroatoms. The van der Waals surface area contributed by atoms with E-state index in [0.29, 0.717) is 29.7 Å². The van der Waals surface area contributed by atoms with Gasteiger partial charge in [0.15, 0.2) is 0 Å². The van der Waals surface area contributed by atoms with E-state index in [2.05, 4.69) is 16.9 Å². The number of hydrogen-bond donors (Lipinski definition) is 1. The minimum absolute atomic E-state index is 0.0458. The molecule has 0 radical (unpaired) electrons. The number of thioether (sulfide) groups is 1. The van der Waals surface area contributed by atoms with Crippen molar-refractivity contribution in [3.05, 3.63) is 48.0 Å². The first-order valence-electron chi connectivity index (χ1n) is 9.23. The van der Waals surface area contributed by atoms with Crippen molar-refractivity contribution in [2.45, 2.75) is 37.8 Å². The van der Waals surface area contributed by atoms with Crippen molar-refractivity contribution in [1.82, 2.24) is 15.2 Å². The zero-order valence-electron chi connectivity index (χ0n) is 15.8. The lowest BCUT2D eigenvalue weighted by Crippen LogP contribution is -2.33. The van der Waals surface area contributed by atoms with Crippen LogP contribution in [0.25, 0.3) is 10.9 Å². The number of carbonyl (C=O) groups is 2. The molecule has 27 heavy (non-hydrogen) atoms. The number of rotatable bonds is 8. The normalized spacial score (nSPS) is 13.4. The molecule has 1 aliphatic rings. The second kappa shape index (κ2) is 8.57. The summed E-state index contributed by atoms with van der Waals surface area (Å²) in [5, 5.41) is 4.57. The fraction of sp³-hybridized carbons (Fsp3) is 0.381. The predicted molar refractivity (Wildman–Crippen MR) is 110 cm³/mol. The molecule has 0 aliphatic heterocycles. The number of carbonyl (C=O) groups excluding carboxylic acids is 2. The van der Waals surface area contributed by atoms with Crippen molar-refractivity contribution in [3.8, 4) is 0 Å². The van der Waals surface area contributed by atoms with E-state index in [-0.39, 0.29) is 17.6 Å². The van der Waals surface area contributed by atoms with Crippen molar-refractivity contribution >= 4 is 34.5 Å². The van der Waals surface area contributed by atoms with E-state index in [1.165, 1.54) is 11.8 Å². The van der Waals surface area contributed by atoms with Gasteiger partial charge in [0.05, 0.1) is 21.9 Å². The van der Waals surface area contributed by atoms with E-state index >= 15 is 0 Å². The number of fused-ring (bicyclic) bond motifs is 1. The van der Waals surface area contributed by atoms with Crippen LogP contribution in [0.5, 0.6) is 0 Å². The van der Waals surface area contributed by atoms with Crippen LogP contribution in [0.4, 0.5) is 0 Å². The zero-order valence-corrected chi connectivity index (χ0v) is 16.6. The molecular weight excluding hydrogens is 358 g/mol. The Kier molecular flexibility index (Phi) is 6.16. The molecule has 2 amide bonds. The summed E-state index contributed by atoms with van der Waals surface area (Å²) in [6.07, 6.45) is 2.08. The molecule has 1 aliphatic carbocycles. The fourth-order valence-corrected chi connectivity index (χ4v) is 3.65. The third-order valence-corrected chi connectivity index (χ3v) is 5.28. The van der Waals surface area contributed by atoms with Crippen molar-refractivity contribution in [1.29, 1.82) is 0 Å². The second-order valence-electron chi connectivity index (χ2n) is 6.93. The number of hydrogen-bond acceptors (Lipinski definition) is 4. The standard InChI is InChI=1S/C21H25N3O2S/c1-4-24(12-14(2)3)20(25)13-27-19-11-17(21(26)22-15-9-10-15)16-7-5-6-8-18(16)23-19/h5-8,11,15H,2,4,9-10,12-13H2,1,3H3,(H,22,26). The Balaban J connectivity index is 1.78. The third-order valence-electron chi connectivity index (χ3n) is 4.39. The Bertz CT molecular complexity index is 877. The molecule has 1 saturated carbocycles. The van der Waals surface area contributed by atoms with Crippen LogP contribution >= 0.6 is 11.8 Å². The Morgan fingerprint density at radius 3 is 2.74 bits per heavy atom. The molecule has 0 bridgehead atoms. The highest BCUT2D eigenvalue weighted by Crippen LogP contribution is 2.26. The highest BCUT2D eigenvalue weighted by atomic mass is 32.2. The lowest BCUT2D eigenvalue weighted by atomic mass is 10.1. The topological polar surface area (TPSA) is 62.3 Å². The van der Waals surface area contributed by atoms with E-state index in [1.807, 2.05) is 38.1 Å². The molecule has 2 aromatic rings. The number of likely N-dealkylation sites (N-methyl/N-ethyl adjacent to an activating group) is 1. The number of amides is 2. The maximum atomic E-state index is 12.6. The van der Waals surface area contributed by atoms with Gasteiger partial charge in [-0.1, -0.05) is 42.1 Å². The van der Waals surface area contributed by atoms with Gasteiger partial charge in [-0.2, -0.15) is 0 Å². The van der Waals surface area contributed by atoms with Crippen LogP contribution in [0.1, 0.15) is 37.0 Å². The van der Waals surface area contributed by atoms with E-state index in [1.54, 1.807) is 11.0 Å². The number of para-hydroxylation sites is 1. The second-order valence-corrected chi connectivity index (χ2v) is 7.92. The highest BCUT2D eigenvalue weighted by molar-refractivity contribution is 7.99. The van der Waals surface area contributed by atoms with Gasteiger partial charge in [0, 0.05) is 24.5 Å². The summed E-state index contributed by atoms with van der Waals surface area (Å²) in [5.74, 6) is 0.266. The molecule has 0 saturated heterocycles. The molecule has 1 aromatic carbocycles. The molecule has 5 nitrogen and oxygen atoms in total. The molecule has 1 aromatic heterocycles. The number of pyridine rings is 1. The van der Waals surface area contributed by atoms with Crippen molar-refractivity contribution in [3.63, 3.8) is 0 Å². The number of aromatic nitrogens is 1. The van der Waals surface area contributed by atoms with Crippen LogP contribution in [0.2, 0.25) is 0 Å². The van der Waals surface area contributed by atoms with Crippen molar-refractivity contribution in [2.24, 2.45) is 0 Å². The lowest BCUT2D eigenvalue weighted by Gasteiger charge is -2.20. The number of benzene rings is 1. The summed E-state index contributed by atoms with van der Waals surface area (Å²) in [7, 11) is 0. The summed E-state index contributed by atoms with van der Waals surface area (Å²) in [6, 6.07) is 9.72. The summed E-state index contributed by atoms with van der Waals surface area (Å²) in [4.78, 5) is 31.5. The molecule has 1 fully saturated rings. The van der Waals surface area contributed by atoms with E-state index in [4.69, 9.17) is 0 Å². The van der Waals surface area contributed by atoms with Crippen molar-refractivity contribution < 1.29 is 9.59 Å². The largest absolute Gasteiger partial charge is 0.349 e. The zero-order chi connectivity index (χ0) is 19.4. The van der Waals surface area contributed by atoms with Crippen LogP contribution in [0.15, 0.2) is 47.5 Å². The fourth-order valence-electron chi connectivity index (χ4n) is 2.83. The SMILES string of the molecule is C=C(C)CN(CC)C(=O)CSc1cc(C(=O)NC2CC2)c2ccccc2n1. The van der Waals surface area contributed by atoms with Gasteiger partial charge in [-0.05, 0) is 38.8 Å². The number of nitrogens with one attached hydrogen (secondary N) is 1. The van der Waals surface area contributed by atoms with Crippen LogP contribution in [0, 0.1) is 0 Å². The minimum atomic E-state index is -0.0678. The average Bonchev–Trinajstić information content (AvgIpc) is 3.47. The summed E-state index contributed by atoms with van der Waals surface area (Å²) in [5.41, 5.74) is 2.35. The van der Waals surface area contributed by atoms with Crippen LogP contribution in [0.3, 0.4) is 0 Å². The summed E-state index contributed by atoms with van der Waals surface area (Å²) < 4.78 is 0. The monoisotopic (exact) mass is 383 g/mol.